The molecule has 3 aromatic rings. The van der Waals surface area contributed by atoms with Crippen LogP contribution in [0, 0.1) is 5.82 Å². The van der Waals surface area contributed by atoms with Gasteiger partial charge in [0, 0.05) is 10.9 Å². The molecule has 0 spiro atoms. The molecular formula is C20H16FNO6S. The Labute approximate surface area is 169 Å². The number of furan rings is 1. The van der Waals surface area contributed by atoms with Gasteiger partial charge in [-0.3, -0.25) is 4.79 Å². The lowest BCUT2D eigenvalue weighted by molar-refractivity contribution is -0.119. The van der Waals surface area contributed by atoms with Gasteiger partial charge in [-0.05, 0) is 43.3 Å². The maximum atomic E-state index is 12.9. The smallest absolute Gasteiger partial charge is 0.341 e. The summed E-state index contributed by atoms with van der Waals surface area (Å²) in [5, 5.41) is 4.45. The predicted molar refractivity (Wildman–Crippen MR) is 103 cm³/mol. The summed E-state index contributed by atoms with van der Waals surface area (Å²) in [7, 11) is 0. The van der Waals surface area contributed by atoms with Gasteiger partial charge in [0.1, 0.15) is 22.1 Å². The fourth-order valence-electron chi connectivity index (χ4n) is 2.43. The molecule has 0 aliphatic rings. The number of carbonyl (C=O) groups is 3. The Morgan fingerprint density at radius 2 is 1.86 bits per heavy atom. The van der Waals surface area contributed by atoms with Crippen LogP contribution in [0.15, 0.2) is 52.5 Å². The molecule has 1 aromatic carbocycles. The average molecular weight is 417 g/mol. The molecule has 150 valence electrons. The molecule has 0 saturated heterocycles. The zero-order valence-electron chi connectivity index (χ0n) is 15.3. The Balaban J connectivity index is 1.70. The molecule has 0 bridgehead atoms. The zero-order chi connectivity index (χ0) is 20.8. The molecule has 0 aliphatic carbocycles. The Morgan fingerprint density at radius 1 is 1.10 bits per heavy atom. The molecule has 2 heterocycles. The van der Waals surface area contributed by atoms with E-state index in [4.69, 9.17) is 13.9 Å². The number of hydrogen-bond donors (Lipinski definition) is 1. The van der Waals surface area contributed by atoms with E-state index in [9.17, 15) is 18.8 Å². The highest BCUT2D eigenvalue weighted by Gasteiger charge is 2.24. The van der Waals surface area contributed by atoms with E-state index in [-0.39, 0.29) is 22.7 Å². The van der Waals surface area contributed by atoms with Gasteiger partial charge in [-0.1, -0.05) is 0 Å². The fourth-order valence-corrected chi connectivity index (χ4v) is 3.39. The number of anilines is 1. The molecule has 0 unspecified atom stereocenters. The van der Waals surface area contributed by atoms with Crippen molar-refractivity contribution in [2.75, 3.05) is 18.5 Å². The van der Waals surface area contributed by atoms with Crippen molar-refractivity contribution in [3.05, 3.63) is 65.0 Å². The maximum absolute atomic E-state index is 12.9. The van der Waals surface area contributed by atoms with Crippen LogP contribution in [0.1, 0.15) is 27.6 Å². The first-order chi connectivity index (χ1) is 14.0. The summed E-state index contributed by atoms with van der Waals surface area (Å²) in [5.74, 6) is -2.06. The molecule has 1 amide bonds. The molecule has 29 heavy (non-hydrogen) atoms. The van der Waals surface area contributed by atoms with Gasteiger partial charge in [0.05, 0.1) is 18.4 Å². The summed E-state index contributed by atoms with van der Waals surface area (Å²) in [4.78, 5) is 36.5. The van der Waals surface area contributed by atoms with Gasteiger partial charge in [0.2, 0.25) is 0 Å². The first-order valence-electron chi connectivity index (χ1n) is 8.54. The highest BCUT2D eigenvalue weighted by Crippen LogP contribution is 2.36. The second-order valence-electron chi connectivity index (χ2n) is 5.68. The number of rotatable bonds is 7. The maximum Gasteiger partial charge on any atom is 0.341 e. The van der Waals surface area contributed by atoms with Crippen LogP contribution >= 0.6 is 11.3 Å². The fraction of sp³-hybridized carbons (Fsp3) is 0.150. The lowest BCUT2D eigenvalue weighted by Gasteiger charge is -2.08. The summed E-state index contributed by atoms with van der Waals surface area (Å²) in [6.07, 6.45) is 1.47. The number of benzene rings is 1. The van der Waals surface area contributed by atoms with Crippen molar-refractivity contribution in [3.63, 3.8) is 0 Å². The van der Waals surface area contributed by atoms with Crippen LogP contribution in [-0.2, 0) is 14.3 Å². The van der Waals surface area contributed by atoms with E-state index in [1.165, 1.54) is 18.4 Å². The van der Waals surface area contributed by atoms with Gasteiger partial charge in [0.25, 0.3) is 5.91 Å². The van der Waals surface area contributed by atoms with Crippen molar-refractivity contribution in [1.82, 2.24) is 0 Å². The molecule has 7 nitrogen and oxygen atoms in total. The molecular weight excluding hydrogens is 401 g/mol. The van der Waals surface area contributed by atoms with E-state index in [1.54, 1.807) is 24.4 Å². The molecule has 3 rings (SSSR count). The van der Waals surface area contributed by atoms with E-state index in [0.29, 0.717) is 11.3 Å². The Morgan fingerprint density at radius 3 is 2.52 bits per heavy atom. The van der Waals surface area contributed by atoms with E-state index >= 15 is 0 Å². The van der Waals surface area contributed by atoms with Crippen LogP contribution in [0.2, 0.25) is 0 Å². The number of nitrogens with one attached hydrogen (secondary N) is 1. The normalized spacial score (nSPS) is 10.4. The number of thiophene rings is 1. The van der Waals surface area contributed by atoms with Gasteiger partial charge in [-0.15, -0.1) is 11.3 Å². The Kier molecular flexibility index (Phi) is 6.40. The van der Waals surface area contributed by atoms with Crippen LogP contribution in [0.3, 0.4) is 0 Å². The summed E-state index contributed by atoms with van der Waals surface area (Å²) in [6.45, 7) is 1.26. The number of halogens is 1. The molecule has 0 atom stereocenters. The largest absolute Gasteiger partial charge is 0.464 e. The van der Waals surface area contributed by atoms with Crippen molar-refractivity contribution >= 4 is 34.2 Å². The topological polar surface area (TPSA) is 94.8 Å². The molecule has 0 radical (unpaired) electrons. The van der Waals surface area contributed by atoms with Crippen LogP contribution in [0.4, 0.5) is 9.39 Å². The third kappa shape index (κ3) is 4.88. The molecule has 0 aliphatic heterocycles. The van der Waals surface area contributed by atoms with E-state index < -0.39 is 30.3 Å². The van der Waals surface area contributed by atoms with Gasteiger partial charge in [0.15, 0.2) is 6.61 Å². The van der Waals surface area contributed by atoms with Crippen molar-refractivity contribution in [2.45, 2.75) is 6.92 Å². The SMILES string of the molecule is CCOC(=O)c1c(-c2ccco2)csc1NC(=O)COC(=O)c1ccc(F)cc1. The molecule has 0 fully saturated rings. The first kappa shape index (κ1) is 20.3. The number of amides is 1. The third-order valence-corrected chi connectivity index (χ3v) is 4.62. The Hall–Kier alpha value is -3.46. The summed E-state index contributed by atoms with van der Waals surface area (Å²) in [5.41, 5.74) is 0.754. The predicted octanol–water partition coefficient (Wildman–Crippen LogP) is 4.12. The van der Waals surface area contributed by atoms with Crippen LogP contribution in [-0.4, -0.2) is 31.1 Å². The molecule has 2 aromatic heterocycles. The standard InChI is InChI=1S/C20H16FNO6S/c1-2-26-20(25)17-14(15-4-3-9-27-15)11-29-18(17)22-16(23)10-28-19(24)12-5-7-13(21)8-6-12/h3-9,11H,2,10H2,1H3,(H,22,23). The number of esters is 2. The highest BCUT2D eigenvalue weighted by atomic mass is 32.1. The van der Waals surface area contributed by atoms with E-state index in [2.05, 4.69) is 5.32 Å². The minimum absolute atomic E-state index is 0.114. The summed E-state index contributed by atoms with van der Waals surface area (Å²) >= 11 is 1.11. The lowest BCUT2D eigenvalue weighted by atomic mass is 10.1. The van der Waals surface area contributed by atoms with Crippen LogP contribution < -0.4 is 5.32 Å². The average Bonchev–Trinajstić information content (AvgIpc) is 3.36. The lowest BCUT2D eigenvalue weighted by Crippen LogP contribution is -2.21. The minimum atomic E-state index is -0.770. The zero-order valence-corrected chi connectivity index (χ0v) is 16.1. The van der Waals surface area contributed by atoms with Crippen molar-refractivity contribution in [1.29, 1.82) is 0 Å². The van der Waals surface area contributed by atoms with Crippen LogP contribution in [0.5, 0.6) is 0 Å². The van der Waals surface area contributed by atoms with Gasteiger partial charge < -0.3 is 19.2 Å². The number of carbonyl (C=O) groups excluding carboxylic acids is 3. The summed E-state index contributed by atoms with van der Waals surface area (Å²) < 4.78 is 28.2. The van der Waals surface area contributed by atoms with E-state index in [0.717, 1.165) is 23.5 Å². The summed E-state index contributed by atoms with van der Waals surface area (Å²) in [6, 6.07) is 8.09. The van der Waals surface area contributed by atoms with Crippen molar-refractivity contribution < 1.29 is 32.7 Å². The van der Waals surface area contributed by atoms with E-state index in [1.807, 2.05) is 0 Å². The second kappa shape index (κ2) is 9.16. The molecule has 1 N–H and O–H groups in total. The van der Waals surface area contributed by atoms with Crippen LogP contribution in [0.25, 0.3) is 11.3 Å². The van der Waals surface area contributed by atoms with Gasteiger partial charge in [-0.25, -0.2) is 14.0 Å². The second-order valence-corrected chi connectivity index (χ2v) is 6.56. The minimum Gasteiger partial charge on any atom is -0.464 e. The monoisotopic (exact) mass is 417 g/mol. The van der Waals surface area contributed by atoms with Gasteiger partial charge >= 0.3 is 11.9 Å². The molecule has 9 heteroatoms. The Bertz CT molecular complexity index is 1010. The van der Waals surface area contributed by atoms with Crippen molar-refractivity contribution in [2.24, 2.45) is 0 Å². The number of ether oxygens (including phenoxy) is 2. The quantitative estimate of drug-likeness (QED) is 0.581. The molecule has 0 saturated carbocycles. The number of hydrogen-bond acceptors (Lipinski definition) is 7. The highest BCUT2D eigenvalue weighted by molar-refractivity contribution is 7.15. The first-order valence-corrected chi connectivity index (χ1v) is 9.42. The van der Waals surface area contributed by atoms with Crippen molar-refractivity contribution in [3.8, 4) is 11.3 Å². The third-order valence-electron chi connectivity index (χ3n) is 3.72. The van der Waals surface area contributed by atoms with Gasteiger partial charge in [-0.2, -0.15) is 0 Å².